The maximum atomic E-state index is 13.0. The van der Waals surface area contributed by atoms with Crippen LogP contribution >= 0.6 is 22.7 Å². The van der Waals surface area contributed by atoms with Crippen LogP contribution in [0.3, 0.4) is 0 Å². The highest BCUT2D eigenvalue weighted by Gasteiger charge is 2.25. The van der Waals surface area contributed by atoms with Crippen molar-refractivity contribution in [2.75, 3.05) is 6.54 Å². The number of hydrogen-bond acceptors (Lipinski definition) is 8. The Morgan fingerprint density at radius 1 is 1.36 bits per heavy atom. The molecule has 1 aliphatic rings. The van der Waals surface area contributed by atoms with Crippen LogP contribution in [0.1, 0.15) is 54.4 Å². The van der Waals surface area contributed by atoms with Crippen LogP contribution in [-0.4, -0.2) is 27.5 Å². The van der Waals surface area contributed by atoms with Gasteiger partial charge in [-0.05, 0) is 50.3 Å². The van der Waals surface area contributed by atoms with Crippen LogP contribution in [0.25, 0.3) is 20.8 Å². The van der Waals surface area contributed by atoms with Crippen LogP contribution in [0.15, 0.2) is 29.0 Å². The molecule has 0 radical (unpaired) electrons. The average molecular weight is 483 g/mol. The van der Waals surface area contributed by atoms with Gasteiger partial charge in [-0.25, -0.2) is 4.98 Å². The lowest BCUT2D eigenvalue weighted by molar-refractivity contribution is -0.118. The summed E-state index contributed by atoms with van der Waals surface area (Å²) in [5, 5.41) is 8.45. The summed E-state index contributed by atoms with van der Waals surface area (Å²) in [6, 6.07) is 4.01. The van der Waals surface area contributed by atoms with Gasteiger partial charge in [0.05, 0.1) is 16.6 Å². The molecule has 4 aromatic rings. The molecule has 1 unspecified atom stereocenters. The zero-order chi connectivity index (χ0) is 22.8. The molecule has 0 amide bonds. The molecule has 1 aliphatic heterocycles. The summed E-state index contributed by atoms with van der Waals surface area (Å²) < 4.78 is 6.47. The van der Waals surface area contributed by atoms with Crippen LogP contribution in [0, 0.1) is 12.8 Å². The van der Waals surface area contributed by atoms with E-state index in [1.807, 2.05) is 31.5 Å². The predicted molar refractivity (Wildman–Crippen MR) is 135 cm³/mol. The molecule has 0 spiro atoms. The van der Waals surface area contributed by atoms with Gasteiger partial charge >= 0.3 is 0 Å². The van der Waals surface area contributed by atoms with Crippen LogP contribution in [-0.2, 0) is 30.6 Å². The predicted octanol–water partition coefficient (Wildman–Crippen LogP) is 5.77. The Morgan fingerprint density at radius 2 is 2.27 bits per heavy atom. The highest BCUT2D eigenvalue weighted by molar-refractivity contribution is 7.22. The normalized spacial score (nSPS) is 14.5. The molecule has 5 heterocycles. The van der Waals surface area contributed by atoms with E-state index in [0.717, 1.165) is 65.5 Å². The number of fused-ring (bicyclic) bond motifs is 2. The number of ketones is 1. The SMILES string of the molecule is Cc1cc(CC(C)CCCC(=O)Cc2sc3c(c2-c2nc4cnccc4s2)CCNC3)on1.[HH]. The van der Waals surface area contributed by atoms with Crippen molar-refractivity contribution in [3.05, 3.63) is 51.3 Å². The van der Waals surface area contributed by atoms with Gasteiger partial charge in [0.1, 0.15) is 22.1 Å². The molecule has 33 heavy (non-hydrogen) atoms. The van der Waals surface area contributed by atoms with Gasteiger partial charge in [-0.15, -0.1) is 22.7 Å². The molecule has 6 nitrogen and oxygen atoms in total. The molecule has 1 atom stereocenters. The third-order valence-corrected chi connectivity index (χ3v) is 8.43. The fraction of sp³-hybridized carbons (Fsp3) is 0.440. The summed E-state index contributed by atoms with van der Waals surface area (Å²) in [5.41, 5.74) is 4.44. The van der Waals surface area contributed by atoms with E-state index in [9.17, 15) is 4.79 Å². The number of nitrogens with zero attached hydrogens (tertiary/aromatic N) is 3. The van der Waals surface area contributed by atoms with Crippen LogP contribution in [0.2, 0.25) is 0 Å². The number of thiazole rings is 1. The van der Waals surface area contributed by atoms with Gasteiger partial charge in [-0.1, -0.05) is 12.1 Å². The van der Waals surface area contributed by atoms with E-state index in [1.54, 1.807) is 22.7 Å². The van der Waals surface area contributed by atoms with E-state index in [0.29, 0.717) is 24.5 Å². The van der Waals surface area contributed by atoms with Gasteiger partial charge in [-0.3, -0.25) is 9.78 Å². The summed E-state index contributed by atoms with van der Waals surface area (Å²) in [6.45, 7) is 6.00. The molecule has 0 saturated carbocycles. The highest BCUT2D eigenvalue weighted by atomic mass is 32.1. The van der Waals surface area contributed by atoms with Crippen molar-refractivity contribution in [3.8, 4) is 10.6 Å². The standard InChI is InChI=1S/C25H28N4O2S2.H2/c1-15(10-18-11-16(2)29-31-18)4-3-5-17(30)12-22-24(19-6-8-27-14-23(19)32-22)25-28-20-13-26-9-7-21(20)33-25;/h7,9,11,13,15,27H,3-6,8,10,12,14H2,1-2H3;1H. The maximum absolute atomic E-state index is 13.0. The van der Waals surface area contributed by atoms with Crippen LogP contribution in [0.5, 0.6) is 0 Å². The van der Waals surface area contributed by atoms with E-state index in [4.69, 9.17) is 9.51 Å². The van der Waals surface area contributed by atoms with E-state index in [2.05, 4.69) is 22.4 Å². The van der Waals surface area contributed by atoms with Crippen molar-refractivity contribution in [3.63, 3.8) is 0 Å². The molecule has 0 aliphatic carbocycles. The van der Waals surface area contributed by atoms with Crippen molar-refractivity contribution in [1.29, 1.82) is 0 Å². The van der Waals surface area contributed by atoms with Crippen molar-refractivity contribution in [2.24, 2.45) is 5.92 Å². The van der Waals surface area contributed by atoms with Gasteiger partial charge in [0.2, 0.25) is 0 Å². The minimum atomic E-state index is 0. The maximum Gasteiger partial charge on any atom is 0.138 e. The first kappa shape index (κ1) is 22.4. The van der Waals surface area contributed by atoms with Crippen molar-refractivity contribution in [2.45, 2.75) is 58.9 Å². The number of nitrogens with one attached hydrogen (secondary N) is 1. The number of carbonyl (C=O) groups excluding carboxylic acids is 1. The molecule has 0 fully saturated rings. The fourth-order valence-electron chi connectivity index (χ4n) is 4.52. The third kappa shape index (κ3) is 5.08. The van der Waals surface area contributed by atoms with Crippen molar-refractivity contribution < 1.29 is 10.7 Å². The number of rotatable bonds is 9. The smallest absolute Gasteiger partial charge is 0.138 e. The summed E-state index contributed by atoms with van der Waals surface area (Å²) in [5.74, 6) is 1.71. The second-order valence-corrected chi connectivity index (χ2v) is 11.2. The number of Topliss-reactive ketones (excluding diaryl/α,β-unsaturated/α-hetero) is 1. The molecule has 174 valence electrons. The molecule has 0 aromatic carbocycles. The molecule has 4 aromatic heterocycles. The lowest BCUT2D eigenvalue weighted by Gasteiger charge is -2.13. The number of aromatic nitrogens is 3. The fourth-order valence-corrected chi connectivity index (χ4v) is 6.98. The number of carbonyl (C=O) groups is 1. The largest absolute Gasteiger partial charge is 0.361 e. The number of pyridine rings is 1. The lowest BCUT2D eigenvalue weighted by Crippen LogP contribution is -2.22. The lowest BCUT2D eigenvalue weighted by atomic mass is 9.97. The monoisotopic (exact) mass is 482 g/mol. The molecule has 5 rings (SSSR count). The molecule has 0 bridgehead atoms. The topological polar surface area (TPSA) is 80.9 Å². The Balaban J connectivity index is 0.00000274. The second kappa shape index (κ2) is 9.83. The van der Waals surface area contributed by atoms with Gasteiger partial charge in [0, 0.05) is 54.8 Å². The summed E-state index contributed by atoms with van der Waals surface area (Å²) >= 11 is 3.49. The van der Waals surface area contributed by atoms with Gasteiger partial charge in [0.15, 0.2) is 0 Å². The second-order valence-electron chi connectivity index (χ2n) is 8.94. The summed E-state index contributed by atoms with van der Waals surface area (Å²) in [6.07, 6.45) is 8.52. The van der Waals surface area contributed by atoms with Crippen LogP contribution in [0.4, 0.5) is 0 Å². The highest BCUT2D eigenvalue weighted by Crippen LogP contribution is 2.41. The summed E-state index contributed by atoms with van der Waals surface area (Å²) in [4.78, 5) is 24.6. The van der Waals surface area contributed by atoms with E-state index in [1.165, 1.54) is 20.9 Å². The molecule has 8 heteroatoms. The van der Waals surface area contributed by atoms with Gasteiger partial charge in [-0.2, -0.15) is 0 Å². The Hall–Kier alpha value is -2.42. The van der Waals surface area contributed by atoms with E-state index >= 15 is 0 Å². The quantitative estimate of drug-likeness (QED) is 0.326. The van der Waals surface area contributed by atoms with Crippen molar-refractivity contribution in [1.82, 2.24) is 20.4 Å². The molecular formula is C25H30N4O2S2. The zero-order valence-corrected chi connectivity index (χ0v) is 20.7. The minimum absolute atomic E-state index is 0. The first-order valence-corrected chi connectivity index (χ1v) is 13.2. The van der Waals surface area contributed by atoms with Gasteiger partial charge in [0.25, 0.3) is 0 Å². The van der Waals surface area contributed by atoms with E-state index < -0.39 is 0 Å². The average Bonchev–Trinajstić information content (AvgIpc) is 3.49. The first-order valence-electron chi connectivity index (χ1n) is 11.6. The molecule has 1 N–H and O–H groups in total. The third-order valence-electron chi connectivity index (χ3n) is 6.14. The van der Waals surface area contributed by atoms with E-state index in [-0.39, 0.29) is 1.43 Å². The first-order chi connectivity index (χ1) is 16.1. The molecular weight excluding hydrogens is 452 g/mol. The Bertz CT molecular complexity index is 1250. The van der Waals surface area contributed by atoms with Gasteiger partial charge < -0.3 is 9.84 Å². The minimum Gasteiger partial charge on any atom is -0.361 e. The number of thiophene rings is 1. The van der Waals surface area contributed by atoms with Crippen molar-refractivity contribution >= 4 is 38.7 Å². The summed E-state index contributed by atoms with van der Waals surface area (Å²) in [7, 11) is 0. The Kier molecular flexibility index (Phi) is 6.66. The van der Waals surface area contributed by atoms with Crippen LogP contribution < -0.4 is 5.32 Å². The number of hydrogen-bond donors (Lipinski definition) is 1. The Morgan fingerprint density at radius 3 is 3.09 bits per heavy atom. The zero-order valence-electron chi connectivity index (χ0n) is 19.0. The Labute approximate surface area is 202 Å². The number of aryl methyl sites for hydroxylation is 1. The molecule has 0 saturated heterocycles.